The largest absolute Gasteiger partial charge is 0.339 e. The summed E-state index contributed by atoms with van der Waals surface area (Å²) in [6.07, 6.45) is 4.72. The van der Waals surface area contributed by atoms with Gasteiger partial charge >= 0.3 is 0 Å². The van der Waals surface area contributed by atoms with Gasteiger partial charge in [0, 0.05) is 30.5 Å². The molecule has 0 radical (unpaired) electrons. The molecule has 3 aromatic rings. The van der Waals surface area contributed by atoms with Gasteiger partial charge in [-0.1, -0.05) is 41.9 Å². The van der Waals surface area contributed by atoms with E-state index >= 15 is 0 Å². The van der Waals surface area contributed by atoms with Crippen molar-refractivity contribution in [1.29, 1.82) is 0 Å². The smallest absolute Gasteiger partial charge is 0.246 e. The van der Waals surface area contributed by atoms with Crippen molar-refractivity contribution < 1.29 is 9.59 Å². The van der Waals surface area contributed by atoms with Crippen LogP contribution in [0.25, 0.3) is 16.6 Å². The number of nitrogens with one attached hydrogen (secondary N) is 1. The lowest BCUT2D eigenvalue weighted by molar-refractivity contribution is -0.130. The molecule has 1 N–H and O–H groups in total. The molecule has 0 saturated carbocycles. The molecule has 0 aliphatic carbocycles. The van der Waals surface area contributed by atoms with Crippen LogP contribution in [-0.2, 0) is 9.59 Å². The molecule has 2 amide bonds. The highest BCUT2D eigenvalue weighted by molar-refractivity contribution is 7.20. The van der Waals surface area contributed by atoms with Crippen molar-refractivity contribution >= 4 is 57.3 Å². The predicted octanol–water partition coefficient (Wildman–Crippen LogP) is 5.42. The van der Waals surface area contributed by atoms with Gasteiger partial charge in [-0.2, -0.15) is 0 Å². The van der Waals surface area contributed by atoms with E-state index in [2.05, 4.69) is 10.3 Å². The van der Waals surface area contributed by atoms with Gasteiger partial charge in [0.2, 0.25) is 11.8 Å². The molecule has 154 valence electrons. The van der Waals surface area contributed by atoms with Gasteiger partial charge in [-0.15, -0.1) is 22.7 Å². The lowest BCUT2D eigenvalue weighted by Crippen LogP contribution is -2.40. The van der Waals surface area contributed by atoms with Crippen LogP contribution in [0.2, 0.25) is 4.34 Å². The Bertz CT molecular complexity index is 1050. The molecule has 1 aliphatic rings. The number of thiophene rings is 1. The van der Waals surface area contributed by atoms with E-state index in [0.29, 0.717) is 35.4 Å². The van der Waals surface area contributed by atoms with E-state index < -0.39 is 0 Å². The third-order valence-electron chi connectivity index (χ3n) is 4.96. The van der Waals surface area contributed by atoms with Gasteiger partial charge in [0.15, 0.2) is 5.13 Å². The first kappa shape index (κ1) is 20.8. The zero-order chi connectivity index (χ0) is 20.9. The zero-order valence-corrected chi connectivity index (χ0v) is 18.5. The third kappa shape index (κ3) is 5.16. The number of hydrogen-bond donors (Lipinski definition) is 1. The van der Waals surface area contributed by atoms with Crippen LogP contribution in [0.1, 0.15) is 18.4 Å². The maximum atomic E-state index is 12.6. The van der Waals surface area contributed by atoms with Crippen LogP contribution in [-0.4, -0.2) is 34.8 Å². The molecule has 30 heavy (non-hydrogen) atoms. The minimum Gasteiger partial charge on any atom is -0.339 e. The summed E-state index contributed by atoms with van der Waals surface area (Å²) in [5.74, 6) is -0.167. The van der Waals surface area contributed by atoms with Crippen LogP contribution in [0.4, 0.5) is 5.13 Å². The van der Waals surface area contributed by atoms with E-state index in [1.54, 1.807) is 11.0 Å². The molecular formula is C22H20ClN3O2S2. The number of nitrogens with zero attached hydrogens (tertiary/aromatic N) is 2. The molecule has 0 unspecified atom stereocenters. The van der Waals surface area contributed by atoms with Crippen LogP contribution >= 0.6 is 34.3 Å². The first-order chi connectivity index (χ1) is 14.6. The second-order valence-electron chi connectivity index (χ2n) is 6.97. The number of hydrogen-bond acceptors (Lipinski definition) is 5. The quantitative estimate of drug-likeness (QED) is 0.520. The summed E-state index contributed by atoms with van der Waals surface area (Å²) in [7, 11) is 0. The fraction of sp³-hybridized carbons (Fsp3) is 0.227. The highest BCUT2D eigenvalue weighted by Crippen LogP contribution is 2.33. The Balaban J connectivity index is 1.28. The van der Waals surface area contributed by atoms with E-state index in [4.69, 9.17) is 11.6 Å². The molecule has 5 nitrogen and oxygen atoms in total. The lowest BCUT2D eigenvalue weighted by atomic mass is 9.96. The van der Waals surface area contributed by atoms with Crippen LogP contribution in [0.5, 0.6) is 0 Å². The Kier molecular flexibility index (Phi) is 6.62. The zero-order valence-electron chi connectivity index (χ0n) is 16.1. The summed E-state index contributed by atoms with van der Waals surface area (Å²) < 4.78 is 0.712. The van der Waals surface area contributed by atoms with Gasteiger partial charge in [0.05, 0.1) is 14.9 Å². The van der Waals surface area contributed by atoms with Crippen molar-refractivity contribution in [1.82, 2.24) is 9.88 Å². The van der Waals surface area contributed by atoms with E-state index in [1.165, 1.54) is 22.7 Å². The molecule has 3 heterocycles. The van der Waals surface area contributed by atoms with Crippen molar-refractivity contribution in [3.63, 3.8) is 0 Å². The maximum Gasteiger partial charge on any atom is 0.246 e. The second-order valence-corrected chi connectivity index (χ2v) is 9.55. The number of halogens is 1. The number of likely N-dealkylation sites (tertiary alicyclic amines) is 1. The molecule has 1 aliphatic heterocycles. The van der Waals surface area contributed by atoms with E-state index in [1.807, 2.05) is 53.9 Å². The van der Waals surface area contributed by atoms with Crippen molar-refractivity contribution in [2.75, 3.05) is 18.4 Å². The molecule has 4 rings (SSSR count). The first-order valence-corrected chi connectivity index (χ1v) is 11.7. The van der Waals surface area contributed by atoms with E-state index in [9.17, 15) is 9.59 Å². The fourth-order valence-corrected chi connectivity index (χ4v) is 5.09. The molecule has 1 fully saturated rings. The summed E-state index contributed by atoms with van der Waals surface area (Å²) in [5.41, 5.74) is 1.81. The molecule has 2 aromatic heterocycles. The molecular weight excluding hydrogens is 438 g/mol. The van der Waals surface area contributed by atoms with E-state index in [0.717, 1.165) is 16.1 Å². The van der Waals surface area contributed by atoms with Gasteiger partial charge < -0.3 is 10.2 Å². The monoisotopic (exact) mass is 457 g/mol. The van der Waals surface area contributed by atoms with Crippen LogP contribution in [0.3, 0.4) is 0 Å². The topological polar surface area (TPSA) is 62.3 Å². The number of rotatable bonds is 5. The Hall–Kier alpha value is -2.48. The van der Waals surface area contributed by atoms with Gasteiger partial charge in [0.1, 0.15) is 0 Å². The number of benzene rings is 1. The van der Waals surface area contributed by atoms with E-state index in [-0.39, 0.29) is 17.7 Å². The standard InChI is InChI=1S/C22H20ClN3O2S2/c23-19-8-7-18(30-19)17-14-29-22(24-17)25-21(28)16-10-12-26(13-11-16)20(27)9-6-15-4-2-1-3-5-15/h1-9,14,16H,10-13H2,(H,24,25,28)/b9-6+. The Morgan fingerprint density at radius 3 is 2.60 bits per heavy atom. The Labute approximate surface area is 188 Å². The summed E-state index contributed by atoms with van der Waals surface area (Å²) in [4.78, 5) is 32.3. The molecule has 0 spiro atoms. The summed E-state index contributed by atoms with van der Waals surface area (Å²) in [6, 6.07) is 13.5. The number of amides is 2. The Morgan fingerprint density at radius 2 is 1.90 bits per heavy atom. The number of carbonyl (C=O) groups is 2. The summed E-state index contributed by atoms with van der Waals surface area (Å²) in [6.45, 7) is 1.15. The number of anilines is 1. The number of aromatic nitrogens is 1. The molecule has 1 aromatic carbocycles. The fourth-order valence-electron chi connectivity index (χ4n) is 3.30. The first-order valence-electron chi connectivity index (χ1n) is 9.62. The van der Waals surface area contributed by atoms with Gasteiger partial charge in [0.25, 0.3) is 0 Å². The highest BCUT2D eigenvalue weighted by Gasteiger charge is 2.27. The van der Waals surface area contributed by atoms with Crippen molar-refractivity contribution in [2.45, 2.75) is 12.8 Å². The average molecular weight is 458 g/mol. The SMILES string of the molecule is O=C(Nc1nc(-c2ccc(Cl)s2)cs1)C1CCN(C(=O)/C=C/c2ccccc2)CC1. The normalized spacial score (nSPS) is 14.9. The second kappa shape index (κ2) is 9.55. The lowest BCUT2D eigenvalue weighted by Gasteiger charge is -2.30. The van der Waals surface area contributed by atoms with Crippen LogP contribution < -0.4 is 5.32 Å². The number of piperidine rings is 1. The highest BCUT2D eigenvalue weighted by atomic mass is 35.5. The van der Waals surface area contributed by atoms with Gasteiger partial charge in [-0.3, -0.25) is 9.59 Å². The molecule has 0 bridgehead atoms. The van der Waals surface area contributed by atoms with Gasteiger partial charge in [-0.25, -0.2) is 4.98 Å². The minimum absolute atomic E-state index is 0.0168. The maximum absolute atomic E-state index is 12.6. The summed E-state index contributed by atoms with van der Waals surface area (Å²) in [5, 5.41) is 5.42. The molecule has 8 heteroatoms. The molecule has 0 atom stereocenters. The average Bonchev–Trinajstić information content (AvgIpc) is 3.41. The summed E-state index contributed by atoms with van der Waals surface area (Å²) >= 11 is 8.84. The number of thiazole rings is 1. The van der Waals surface area contributed by atoms with Crippen LogP contribution in [0, 0.1) is 5.92 Å². The van der Waals surface area contributed by atoms with Crippen molar-refractivity contribution in [3.05, 3.63) is 63.8 Å². The minimum atomic E-state index is -0.115. The van der Waals surface area contributed by atoms with Gasteiger partial charge in [-0.05, 0) is 36.6 Å². The molecule has 1 saturated heterocycles. The number of carbonyl (C=O) groups excluding carboxylic acids is 2. The third-order valence-corrected chi connectivity index (χ3v) is 6.97. The van der Waals surface area contributed by atoms with Crippen LogP contribution in [0.15, 0.2) is 53.9 Å². The van der Waals surface area contributed by atoms with Crippen molar-refractivity contribution in [2.24, 2.45) is 5.92 Å². The van der Waals surface area contributed by atoms with Crippen molar-refractivity contribution in [3.8, 4) is 10.6 Å². The predicted molar refractivity (Wildman–Crippen MR) is 124 cm³/mol. The Morgan fingerprint density at radius 1 is 1.13 bits per heavy atom.